The van der Waals surface area contributed by atoms with Crippen LogP contribution in [0.2, 0.25) is 0 Å². The van der Waals surface area contributed by atoms with Crippen molar-refractivity contribution in [1.29, 1.82) is 5.26 Å². The number of nitrogens with two attached hydrogens (primary N) is 1. The second-order valence-electron chi connectivity index (χ2n) is 4.42. The van der Waals surface area contributed by atoms with Crippen molar-refractivity contribution in [2.24, 2.45) is 0 Å². The number of methoxy groups -OCH3 is 1. The van der Waals surface area contributed by atoms with Gasteiger partial charge in [0.05, 0.1) is 12.7 Å². The molecule has 0 atom stereocenters. The number of nitrogen functional groups attached to an aromatic ring is 1. The number of hydrogen-bond donors (Lipinski definition) is 1. The van der Waals surface area contributed by atoms with Crippen LogP contribution in [0.5, 0.6) is 5.75 Å². The number of benzene rings is 2. The zero-order valence-corrected chi connectivity index (χ0v) is 12.3. The first-order valence-corrected chi connectivity index (χ1v) is 7.19. The predicted molar refractivity (Wildman–Crippen MR) is 82.9 cm³/mol. The van der Waals surface area contributed by atoms with E-state index in [9.17, 15) is 0 Å². The molecule has 2 aromatic rings. The van der Waals surface area contributed by atoms with Crippen molar-refractivity contribution in [3.63, 3.8) is 0 Å². The summed E-state index contributed by atoms with van der Waals surface area (Å²) in [6.07, 6.45) is 0. The summed E-state index contributed by atoms with van der Waals surface area (Å²) in [4.78, 5) is 1.07. The lowest BCUT2D eigenvalue weighted by Crippen LogP contribution is -1.93. The highest BCUT2D eigenvalue weighted by molar-refractivity contribution is 7.98. The summed E-state index contributed by atoms with van der Waals surface area (Å²) in [6.45, 7) is 2.00. The number of anilines is 1. The van der Waals surface area contributed by atoms with E-state index in [1.807, 2.05) is 43.3 Å². The Balaban J connectivity index is 2.15. The Bertz CT molecular complexity index is 662. The van der Waals surface area contributed by atoms with Crippen LogP contribution in [-0.4, -0.2) is 7.11 Å². The average molecular weight is 284 g/mol. The zero-order chi connectivity index (χ0) is 14.5. The van der Waals surface area contributed by atoms with E-state index in [0.717, 1.165) is 27.5 Å². The molecule has 0 unspecified atom stereocenters. The van der Waals surface area contributed by atoms with E-state index in [-0.39, 0.29) is 0 Å². The lowest BCUT2D eigenvalue weighted by atomic mass is 10.1. The third kappa shape index (κ3) is 3.06. The zero-order valence-electron chi connectivity index (χ0n) is 11.5. The third-order valence-electron chi connectivity index (χ3n) is 3.06. The molecule has 0 amide bonds. The summed E-state index contributed by atoms with van der Waals surface area (Å²) >= 11 is 1.67. The van der Waals surface area contributed by atoms with Crippen LogP contribution < -0.4 is 10.5 Å². The van der Waals surface area contributed by atoms with Crippen LogP contribution in [0.4, 0.5) is 5.69 Å². The van der Waals surface area contributed by atoms with Gasteiger partial charge in [-0.05, 0) is 36.2 Å². The molecule has 20 heavy (non-hydrogen) atoms. The Labute approximate surface area is 123 Å². The van der Waals surface area contributed by atoms with Gasteiger partial charge in [0.25, 0.3) is 0 Å². The number of para-hydroxylation sites is 1. The first kappa shape index (κ1) is 14.3. The minimum absolute atomic E-state index is 0.558. The molecule has 0 aliphatic rings. The van der Waals surface area contributed by atoms with Crippen LogP contribution in [-0.2, 0) is 5.75 Å². The number of ether oxygens (including phenoxy) is 1. The molecule has 0 saturated carbocycles. The fourth-order valence-electron chi connectivity index (χ4n) is 1.87. The summed E-state index contributed by atoms with van der Waals surface area (Å²) < 4.78 is 5.14. The molecule has 0 fully saturated rings. The maximum atomic E-state index is 9.08. The van der Waals surface area contributed by atoms with E-state index in [0.29, 0.717) is 11.3 Å². The molecule has 0 aromatic heterocycles. The van der Waals surface area contributed by atoms with Gasteiger partial charge in [-0.25, -0.2) is 0 Å². The van der Waals surface area contributed by atoms with Crippen molar-refractivity contribution in [2.45, 2.75) is 17.6 Å². The molecule has 0 saturated heterocycles. The Morgan fingerprint density at radius 1 is 1.30 bits per heavy atom. The molecule has 2 N–H and O–H groups in total. The number of nitriles is 1. The van der Waals surface area contributed by atoms with Gasteiger partial charge in [-0.1, -0.05) is 18.2 Å². The van der Waals surface area contributed by atoms with Gasteiger partial charge < -0.3 is 10.5 Å². The summed E-state index contributed by atoms with van der Waals surface area (Å²) in [6, 6.07) is 13.8. The smallest absolute Gasteiger partial charge is 0.136 e. The summed E-state index contributed by atoms with van der Waals surface area (Å²) in [5, 5.41) is 9.08. The largest absolute Gasteiger partial charge is 0.495 e. The molecule has 102 valence electrons. The van der Waals surface area contributed by atoms with Crippen molar-refractivity contribution in [2.75, 3.05) is 12.8 Å². The van der Waals surface area contributed by atoms with E-state index in [2.05, 4.69) is 6.07 Å². The van der Waals surface area contributed by atoms with E-state index in [4.69, 9.17) is 15.7 Å². The second-order valence-corrected chi connectivity index (χ2v) is 5.44. The summed E-state index contributed by atoms with van der Waals surface area (Å²) in [5.74, 6) is 1.38. The molecular formula is C16H16N2OS. The minimum atomic E-state index is 0.558. The fourth-order valence-corrected chi connectivity index (χ4v) is 2.87. The van der Waals surface area contributed by atoms with Crippen molar-refractivity contribution >= 4 is 17.4 Å². The molecule has 0 bridgehead atoms. The van der Waals surface area contributed by atoms with Crippen LogP contribution in [0.1, 0.15) is 16.7 Å². The average Bonchev–Trinajstić information content (AvgIpc) is 2.48. The maximum absolute atomic E-state index is 9.08. The van der Waals surface area contributed by atoms with Crippen molar-refractivity contribution in [3.05, 3.63) is 53.1 Å². The van der Waals surface area contributed by atoms with E-state index in [1.165, 1.54) is 0 Å². The first-order valence-electron chi connectivity index (χ1n) is 6.20. The standard InChI is InChI=1S/C16H16N2OS/c1-11-4-3-5-15(16(11)18)20-10-12-6-7-14(19-2)13(8-12)9-17/h3-8H,10,18H2,1-2H3. The fraction of sp³-hybridized carbons (Fsp3) is 0.188. The maximum Gasteiger partial charge on any atom is 0.136 e. The van der Waals surface area contributed by atoms with Crippen molar-refractivity contribution in [1.82, 2.24) is 0 Å². The van der Waals surface area contributed by atoms with Gasteiger partial charge in [0.2, 0.25) is 0 Å². The quantitative estimate of drug-likeness (QED) is 0.686. The van der Waals surface area contributed by atoms with Gasteiger partial charge in [-0.15, -0.1) is 11.8 Å². The normalized spacial score (nSPS) is 10.1. The van der Waals surface area contributed by atoms with Crippen LogP contribution in [0.25, 0.3) is 0 Å². The molecular weight excluding hydrogens is 268 g/mol. The topological polar surface area (TPSA) is 59.0 Å². The molecule has 2 aromatic carbocycles. The van der Waals surface area contributed by atoms with Gasteiger partial charge in [-0.2, -0.15) is 5.26 Å². The lowest BCUT2D eigenvalue weighted by Gasteiger charge is -2.09. The highest BCUT2D eigenvalue weighted by Crippen LogP contribution is 2.31. The molecule has 4 heteroatoms. The lowest BCUT2D eigenvalue weighted by molar-refractivity contribution is 0.413. The molecule has 3 nitrogen and oxygen atoms in total. The Kier molecular flexibility index (Phi) is 4.54. The van der Waals surface area contributed by atoms with Gasteiger partial charge in [0.15, 0.2) is 0 Å². The predicted octanol–water partition coefficient (Wildman–Crippen LogP) is 3.75. The van der Waals surface area contributed by atoms with Gasteiger partial charge in [-0.3, -0.25) is 0 Å². The van der Waals surface area contributed by atoms with Gasteiger partial charge >= 0.3 is 0 Å². The second kappa shape index (κ2) is 6.36. The van der Waals surface area contributed by atoms with Crippen LogP contribution in [0.15, 0.2) is 41.3 Å². The monoisotopic (exact) mass is 284 g/mol. The number of nitrogens with zero attached hydrogens (tertiary/aromatic N) is 1. The first-order chi connectivity index (χ1) is 9.65. The third-order valence-corrected chi connectivity index (χ3v) is 4.21. The number of hydrogen-bond acceptors (Lipinski definition) is 4. The molecule has 0 radical (unpaired) electrons. The van der Waals surface area contributed by atoms with Gasteiger partial charge in [0, 0.05) is 16.3 Å². The Morgan fingerprint density at radius 3 is 2.80 bits per heavy atom. The van der Waals surface area contributed by atoms with Crippen LogP contribution in [0, 0.1) is 18.3 Å². The number of aryl methyl sites for hydroxylation is 1. The molecule has 0 aliphatic carbocycles. The van der Waals surface area contributed by atoms with Crippen LogP contribution >= 0.6 is 11.8 Å². The highest BCUT2D eigenvalue weighted by atomic mass is 32.2. The molecule has 0 aliphatic heterocycles. The Hall–Kier alpha value is -2.12. The van der Waals surface area contributed by atoms with E-state index in [1.54, 1.807) is 18.9 Å². The SMILES string of the molecule is COc1ccc(CSc2cccc(C)c2N)cc1C#N. The van der Waals surface area contributed by atoms with E-state index < -0.39 is 0 Å². The molecule has 2 rings (SSSR count). The number of rotatable bonds is 4. The summed E-state index contributed by atoms with van der Waals surface area (Å²) in [5.41, 5.74) is 9.60. The highest BCUT2D eigenvalue weighted by Gasteiger charge is 2.06. The molecule has 0 heterocycles. The van der Waals surface area contributed by atoms with Gasteiger partial charge in [0.1, 0.15) is 11.8 Å². The Morgan fingerprint density at radius 2 is 2.10 bits per heavy atom. The minimum Gasteiger partial charge on any atom is -0.495 e. The van der Waals surface area contributed by atoms with Crippen molar-refractivity contribution < 1.29 is 4.74 Å². The van der Waals surface area contributed by atoms with Crippen molar-refractivity contribution in [3.8, 4) is 11.8 Å². The number of thioether (sulfide) groups is 1. The summed E-state index contributed by atoms with van der Waals surface area (Å²) in [7, 11) is 1.57. The molecule has 0 spiro atoms. The van der Waals surface area contributed by atoms with Crippen LogP contribution in [0.3, 0.4) is 0 Å². The van der Waals surface area contributed by atoms with E-state index >= 15 is 0 Å².